The molecule has 0 aliphatic carbocycles. The molecule has 0 saturated carbocycles. The number of aliphatic hydroxyl groups excluding tert-OH is 1. The van der Waals surface area contributed by atoms with E-state index in [9.17, 15) is 14.7 Å². The van der Waals surface area contributed by atoms with Crippen LogP contribution in [-0.4, -0.2) is 30.2 Å². The first-order valence-corrected chi connectivity index (χ1v) is 11.9. The Labute approximate surface area is 198 Å². The Balaban J connectivity index is 1.47. The highest BCUT2D eigenvalue weighted by atomic mass is 16.5. The van der Waals surface area contributed by atoms with Gasteiger partial charge in [-0.05, 0) is 75.0 Å². The van der Waals surface area contributed by atoms with Crippen LogP contribution in [0, 0.1) is 12.8 Å². The number of nitrogens with one attached hydrogen (secondary N) is 1. The molecule has 4 rings (SSSR count). The van der Waals surface area contributed by atoms with Gasteiger partial charge in [-0.25, -0.2) is 4.79 Å². The Bertz CT molecular complexity index is 1200. The third kappa shape index (κ3) is 5.85. The maximum absolute atomic E-state index is 12.5. The lowest BCUT2D eigenvalue weighted by Crippen LogP contribution is -2.35. The zero-order chi connectivity index (χ0) is 24.1. The van der Waals surface area contributed by atoms with Crippen LogP contribution >= 0.6 is 0 Å². The fraction of sp³-hybridized carbons (Fsp3) is 0.407. The maximum atomic E-state index is 12.5. The molecule has 7 heteroatoms. The summed E-state index contributed by atoms with van der Waals surface area (Å²) >= 11 is 0. The number of aryl methyl sites for hydroxylation is 1. The van der Waals surface area contributed by atoms with Crippen LogP contribution < -0.4 is 21.4 Å². The predicted molar refractivity (Wildman–Crippen MR) is 131 cm³/mol. The molecule has 0 spiro atoms. The van der Waals surface area contributed by atoms with E-state index in [1.54, 1.807) is 12.1 Å². The average Bonchev–Trinajstić information content (AvgIpc) is 2.83. The molecular formula is C27H32N2O5. The molecule has 0 radical (unpaired) electrons. The zero-order valence-corrected chi connectivity index (χ0v) is 19.5. The summed E-state index contributed by atoms with van der Waals surface area (Å²) in [5.41, 5.74) is 7.19. The molecule has 2 aromatic carbocycles. The third-order valence-electron chi connectivity index (χ3n) is 6.48. The summed E-state index contributed by atoms with van der Waals surface area (Å²) in [6.45, 7) is 3.58. The van der Waals surface area contributed by atoms with Gasteiger partial charge in [-0.1, -0.05) is 30.2 Å². The number of ether oxygens (including phenoxy) is 1. The standard InChI is InChI=1S/C27H32N2O5/c1-17-8-9-24-19(13-17)16-23(27(32)34-24)25(30)22(26(28)31)15-18-5-4-7-21(14-18)33-12-10-20-6-2-3-11-29-20/h4-5,7-9,13-14,16,20,22,25,29-30H,2-3,6,10-12,15H2,1H3,(H2,28,31). The van der Waals surface area contributed by atoms with Crippen molar-refractivity contribution < 1.29 is 19.1 Å². The van der Waals surface area contributed by atoms with Gasteiger partial charge < -0.3 is 25.3 Å². The van der Waals surface area contributed by atoms with E-state index in [0.29, 0.717) is 29.4 Å². The molecule has 7 nitrogen and oxygen atoms in total. The molecule has 1 aromatic heterocycles. The first-order valence-electron chi connectivity index (χ1n) is 11.9. The quantitative estimate of drug-likeness (QED) is 0.418. The van der Waals surface area contributed by atoms with Crippen LogP contribution in [0.3, 0.4) is 0 Å². The second-order valence-corrected chi connectivity index (χ2v) is 9.12. The Hall–Kier alpha value is -3.16. The van der Waals surface area contributed by atoms with Crippen molar-refractivity contribution in [1.82, 2.24) is 5.32 Å². The fourth-order valence-corrected chi connectivity index (χ4v) is 4.56. The van der Waals surface area contributed by atoms with Gasteiger partial charge in [0.1, 0.15) is 11.3 Å². The van der Waals surface area contributed by atoms with E-state index in [2.05, 4.69) is 5.32 Å². The van der Waals surface area contributed by atoms with Crippen LogP contribution in [0.2, 0.25) is 0 Å². The van der Waals surface area contributed by atoms with Crippen molar-refractivity contribution in [2.24, 2.45) is 11.7 Å². The van der Waals surface area contributed by atoms with Crippen molar-refractivity contribution in [3.05, 3.63) is 75.6 Å². The molecule has 3 aromatic rings. The number of hydrogen-bond acceptors (Lipinski definition) is 6. The number of hydrogen-bond donors (Lipinski definition) is 3. The number of primary amides is 1. The van der Waals surface area contributed by atoms with Crippen molar-refractivity contribution in [2.45, 2.75) is 51.2 Å². The number of carbonyl (C=O) groups is 1. The van der Waals surface area contributed by atoms with Crippen molar-refractivity contribution in [2.75, 3.05) is 13.2 Å². The number of amides is 1. The lowest BCUT2D eigenvalue weighted by Gasteiger charge is -2.23. The van der Waals surface area contributed by atoms with Gasteiger partial charge in [0.2, 0.25) is 5.91 Å². The van der Waals surface area contributed by atoms with Crippen molar-refractivity contribution in [3.8, 4) is 5.75 Å². The normalized spacial score (nSPS) is 17.9. The lowest BCUT2D eigenvalue weighted by molar-refractivity contribution is -0.125. The smallest absolute Gasteiger partial charge is 0.342 e. The summed E-state index contributed by atoms with van der Waals surface area (Å²) in [7, 11) is 0. The van der Waals surface area contributed by atoms with E-state index in [-0.39, 0.29) is 12.0 Å². The molecule has 0 bridgehead atoms. The van der Waals surface area contributed by atoms with Crippen LogP contribution in [0.5, 0.6) is 5.75 Å². The number of nitrogens with two attached hydrogens (primary N) is 1. The summed E-state index contributed by atoms with van der Waals surface area (Å²) in [6.07, 6.45) is 3.37. The van der Waals surface area contributed by atoms with Crippen molar-refractivity contribution in [3.63, 3.8) is 0 Å². The minimum absolute atomic E-state index is 0.0225. The van der Waals surface area contributed by atoms with Crippen molar-refractivity contribution in [1.29, 1.82) is 0 Å². The van der Waals surface area contributed by atoms with Gasteiger partial charge in [-0.15, -0.1) is 0 Å². The monoisotopic (exact) mass is 464 g/mol. The van der Waals surface area contributed by atoms with Crippen LogP contribution in [-0.2, 0) is 11.2 Å². The lowest BCUT2D eigenvalue weighted by atomic mass is 9.89. The largest absolute Gasteiger partial charge is 0.494 e. The molecule has 34 heavy (non-hydrogen) atoms. The number of benzene rings is 2. The SMILES string of the molecule is Cc1ccc2oc(=O)c(C(O)C(Cc3cccc(OCCC4CCCCN4)c3)C(N)=O)cc2c1. The third-order valence-corrected chi connectivity index (χ3v) is 6.48. The Morgan fingerprint density at radius 3 is 2.85 bits per heavy atom. The summed E-state index contributed by atoms with van der Waals surface area (Å²) in [4.78, 5) is 24.8. The molecule has 1 fully saturated rings. The number of carbonyl (C=O) groups excluding carboxylic acids is 1. The molecule has 1 saturated heterocycles. The minimum Gasteiger partial charge on any atom is -0.494 e. The van der Waals surface area contributed by atoms with Crippen LogP contribution in [0.1, 0.15) is 48.5 Å². The van der Waals surface area contributed by atoms with E-state index in [1.165, 1.54) is 19.3 Å². The van der Waals surface area contributed by atoms with Crippen LogP contribution in [0.4, 0.5) is 0 Å². The average molecular weight is 465 g/mol. The first kappa shape index (κ1) is 24.0. The van der Waals surface area contributed by atoms with Crippen molar-refractivity contribution >= 4 is 16.9 Å². The van der Waals surface area contributed by atoms with E-state index in [1.807, 2.05) is 43.3 Å². The molecule has 1 aliphatic rings. The number of rotatable bonds is 9. The van der Waals surface area contributed by atoms with Gasteiger partial charge >= 0.3 is 5.63 Å². The molecule has 1 amide bonds. The Kier molecular flexibility index (Phi) is 7.65. The second kappa shape index (κ2) is 10.8. The molecule has 2 heterocycles. The van der Waals surface area contributed by atoms with E-state index < -0.39 is 23.6 Å². The Morgan fingerprint density at radius 2 is 2.09 bits per heavy atom. The highest BCUT2D eigenvalue weighted by Crippen LogP contribution is 2.27. The number of aliphatic hydroxyl groups is 1. The van der Waals surface area contributed by atoms with Gasteiger partial charge in [0, 0.05) is 11.4 Å². The highest BCUT2D eigenvalue weighted by Gasteiger charge is 2.29. The topological polar surface area (TPSA) is 115 Å². The molecular weight excluding hydrogens is 432 g/mol. The fourth-order valence-electron chi connectivity index (χ4n) is 4.56. The maximum Gasteiger partial charge on any atom is 0.342 e. The second-order valence-electron chi connectivity index (χ2n) is 9.12. The van der Waals surface area contributed by atoms with Crippen LogP contribution in [0.15, 0.2) is 57.7 Å². The zero-order valence-electron chi connectivity index (χ0n) is 19.5. The molecule has 3 atom stereocenters. The number of fused-ring (bicyclic) bond motifs is 1. The predicted octanol–water partition coefficient (Wildman–Crippen LogP) is 3.39. The summed E-state index contributed by atoms with van der Waals surface area (Å²) in [6, 6.07) is 14.9. The van der Waals surface area contributed by atoms with Gasteiger partial charge in [0.15, 0.2) is 0 Å². The summed E-state index contributed by atoms with van der Waals surface area (Å²) in [5, 5.41) is 15.2. The Morgan fingerprint density at radius 1 is 1.24 bits per heavy atom. The van der Waals surface area contributed by atoms with Gasteiger partial charge in [-0.3, -0.25) is 4.79 Å². The molecule has 4 N–H and O–H groups in total. The summed E-state index contributed by atoms with van der Waals surface area (Å²) < 4.78 is 11.3. The minimum atomic E-state index is -1.39. The van der Waals surface area contributed by atoms with E-state index in [0.717, 1.165) is 24.1 Å². The number of piperidine rings is 1. The molecule has 1 aliphatic heterocycles. The van der Waals surface area contributed by atoms with Crippen LogP contribution in [0.25, 0.3) is 11.0 Å². The molecule has 3 unspecified atom stereocenters. The van der Waals surface area contributed by atoms with Gasteiger partial charge in [-0.2, -0.15) is 0 Å². The van der Waals surface area contributed by atoms with E-state index in [4.69, 9.17) is 14.9 Å². The highest BCUT2D eigenvalue weighted by molar-refractivity contribution is 5.80. The van der Waals surface area contributed by atoms with E-state index >= 15 is 0 Å². The van der Waals surface area contributed by atoms with Gasteiger partial charge in [0.05, 0.1) is 24.2 Å². The van der Waals surface area contributed by atoms with Gasteiger partial charge in [0.25, 0.3) is 0 Å². The molecule has 180 valence electrons. The summed E-state index contributed by atoms with van der Waals surface area (Å²) in [5.74, 6) is -0.982. The first-order chi connectivity index (χ1) is 16.4.